The van der Waals surface area contributed by atoms with E-state index in [9.17, 15) is 4.79 Å². The van der Waals surface area contributed by atoms with Crippen LogP contribution in [0.4, 0.5) is 0 Å². The van der Waals surface area contributed by atoms with Crippen LogP contribution in [-0.2, 0) is 4.79 Å². The summed E-state index contributed by atoms with van der Waals surface area (Å²) in [6.45, 7) is 12.7. The van der Waals surface area contributed by atoms with Gasteiger partial charge in [-0.15, -0.1) is 0 Å². The van der Waals surface area contributed by atoms with E-state index in [2.05, 4.69) is 0 Å². The minimum Gasteiger partial charge on any atom is -0.481 e. The largest absolute Gasteiger partial charge is 0.481 e. The van der Waals surface area contributed by atoms with Crippen LogP contribution in [0.5, 0.6) is 0 Å². The van der Waals surface area contributed by atoms with Crippen molar-refractivity contribution in [3.63, 3.8) is 0 Å². The van der Waals surface area contributed by atoms with Crippen LogP contribution in [0.25, 0.3) is 0 Å². The van der Waals surface area contributed by atoms with Crippen molar-refractivity contribution in [1.82, 2.24) is 0 Å². The van der Waals surface area contributed by atoms with E-state index in [4.69, 9.17) is 12.0 Å². The number of carboxylic acid groups (broad SMARTS) is 1. The van der Waals surface area contributed by atoms with E-state index < -0.39 is 5.97 Å². The molecule has 0 spiro atoms. The van der Waals surface area contributed by atoms with Crippen molar-refractivity contribution in [3.05, 3.63) is 13.3 Å². The fourth-order valence-electron chi connectivity index (χ4n) is 0.285. The summed E-state index contributed by atoms with van der Waals surface area (Å²) in [5, 5.41) is 8.03. The van der Waals surface area contributed by atoms with Gasteiger partial charge < -0.3 is 5.11 Å². The van der Waals surface area contributed by atoms with E-state index in [-0.39, 0.29) is 5.92 Å². The minimum atomic E-state index is -0.838. The van der Waals surface area contributed by atoms with Crippen LogP contribution in [0.15, 0.2) is 0 Å². The molecule has 0 amide bonds. The lowest BCUT2D eigenvalue weighted by molar-refractivity contribution is -0.133. The highest BCUT2D eigenvalue weighted by Crippen LogP contribution is 1.94. The van der Waals surface area contributed by atoms with Crippen LogP contribution in [-0.4, -0.2) is 11.1 Å². The molecule has 0 aromatic rings. The second-order valence-electron chi connectivity index (χ2n) is 2.99. The molecule has 1 N–H and O–H groups in total. The van der Waals surface area contributed by atoms with E-state index in [0.717, 1.165) is 0 Å². The summed E-state index contributed by atoms with van der Waals surface area (Å²) in [7, 11) is 0. The molecule has 0 atom stereocenters. The Hall–Kier alpha value is -0.530. The molecule has 0 fully saturated rings. The Balaban J connectivity index is 0. The predicted octanol–water partition coefficient (Wildman–Crippen LogP) is 2.28. The van der Waals surface area contributed by atoms with E-state index in [1.165, 1.54) is 6.42 Å². The second kappa shape index (κ2) is 7.58. The summed E-state index contributed by atoms with van der Waals surface area (Å²) in [5.74, 6) is -0.354. The molecule has 0 aliphatic carbocycles. The first-order valence-electron chi connectivity index (χ1n) is 3.69. The summed E-state index contributed by atoms with van der Waals surface area (Å²) in [6.07, 6.45) is 1.25. The third kappa shape index (κ3) is 43.9. The Labute approximate surface area is 69.6 Å². The number of hydrogen-bond donors (Lipinski definition) is 1. The van der Waals surface area contributed by atoms with Crippen molar-refractivity contribution in [2.75, 3.05) is 0 Å². The van der Waals surface area contributed by atoms with Gasteiger partial charge in [-0.1, -0.05) is 27.7 Å². The van der Waals surface area contributed by atoms with Gasteiger partial charge in [0, 0.05) is 0 Å². The Bertz CT molecular complexity index is 93.0. The Morgan fingerprint density at radius 3 is 1.64 bits per heavy atom. The SMILES string of the molecule is CC(C)[CH]C(=O)O.[CH]C(C)C. The van der Waals surface area contributed by atoms with Crippen LogP contribution >= 0.6 is 0 Å². The van der Waals surface area contributed by atoms with Gasteiger partial charge in [0.05, 0.1) is 6.42 Å². The normalized spacial score (nSPS) is 9.36. The number of hydrogen-bond acceptors (Lipinski definition) is 1. The minimum absolute atomic E-state index is 0.150. The lowest BCUT2D eigenvalue weighted by atomic mass is 10.1. The average Bonchev–Trinajstić information content (AvgIpc) is 1.56. The molecule has 0 aromatic heterocycles. The third-order valence-electron chi connectivity index (χ3n) is 0.476. The quantitative estimate of drug-likeness (QED) is 0.667. The molecule has 2 nitrogen and oxygen atoms in total. The molecule has 0 unspecified atom stereocenters. The van der Waals surface area contributed by atoms with Gasteiger partial charge in [0.25, 0.3) is 0 Å². The highest BCUT2D eigenvalue weighted by molar-refractivity contribution is 5.76. The number of aliphatic carboxylic acids is 1. The Kier molecular flexibility index (Phi) is 9.01. The zero-order valence-corrected chi connectivity index (χ0v) is 7.66. The molecule has 0 aliphatic heterocycles. The summed E-state index contributed by atoms with van der Waals surface area (Å²) in [5.41, 5.74) is 0. The summed E-state index contributed by atoms with van der Waals surface area (Å²) in [6, 6.07) is 0. The first-order valence-corrected chi connectivity index (χ1v) is 3.69. The monoisotopic (exact) mass is 157 g/mol. The van der Waals surface area contributed by atoms with Gasteiger partial charge in [0.15, 0.2) is 0 Å². The van der Waals surface area contributed by atoms with Gasteiger partial charge in [-0.2, -0.15) is 0 Å². The molecule has 2 heteroatoms. The number of rotatable bonds is 2. The first-order chi connectivity index (χ1) is 4.86. The summed E-state index contributed by atoms with van der Waals surface area (Å²) >= 11 is 0. The van der Waals surface area contributed by atoms with Crippen molar-refractivity contribution >= 4 is 5.97 Å². The van der Waals surface area contributed by atoms with Crippen LogP contribution in [0, 0.1) is 25.2 Å². The fourth-order valence-corrected chi connectivity index (χ4v) is 0.285. The van der Waals surface area contributed by atoms with Crippen molar-refractivity contribution in [1.29, 1.82) is 0 Å². The van der Waals surface area contributed by atoms with Gasteiger partial charge in [0.1, 0.15) is 0 Å². The number of carbonyl (C=O) groups is 1. The molecule has 11 heavy (non-hydrogen) atoms. The van der Waals surface area contributed by atoms with Gasteiger partial charge in [-0.05, 0) is 18.8 Å². The molecule has 65 valence electrons. The van der Waals surface area contributed by atoms with Crippen LogP contribution < -0.4 is 0 Å². The molecule has 0 heterocycles. The molecule has 0 saturated carbocycles. The zero-order valence-electron chi connectivity index (χ0n) is 7.66. The van der Waals surface area contributed by atoms with Crippen molar-refractivity contribution < 1.29 is 9.90 Å². The Morgan fingerprint density at radius 1 is 1.36 bits per heavy atom. The maximum atomic E-state index is 9.75. The first kappa shape index (κ1) is 13.1. The lowest BCUT2D eigenvalue weighted by Crippen LogP contribution is -2.00. The van der Waals surface area contributed by atoms with E-state index >= 15 is 0 Å². The molecule has 0 saturated heterocycles. The molecule has 3 radical (unpaired) electrons. The average molecular weight is 157 g/mol. The lowest BCUT2D eigenvalue weighted by Gasteiger charge is -1.93. The van der Waals surface area contributed by atoms with Crippen molar-refractivity contribution in [3.8, 4) is 0 Å². The van der Waals surface area contributed by atoms with Crippen LogP contribution in [0.3, 0.4) is 0 Å². The van der Waals surface area contributed by atoms with Gasteiger partial charge in [-0.25, -0.2) is 0 Å². The van der Waals surface area contributed by atoms with Crippen molar-refractivity contribution in [2.45, 2.75) is 27.7 Å². The predicted molar refractivity (Wildman–Crippen MR) is 45.9 cm³/mol. The van der Waals surface area contributed by atoms with Gasteiger partial charge in [-0.3, -0.25) is 4.79 Å². The highest BCUT2D eigenvalue weighted by Gasteiger charge is 1.99. The maximum absolute atomic E-state index is 9.75. The topological polar surface area (TPSA) is 37.3 Å². The van der Waals surface area contributed by atoms with Crippen molar-refractivity contribution in [2.24, 2.45) is 11.8 Å². The third-order valence-corrected chi connectivity index (χ3v) is 0.476. The standard InChI is InChI=1S/C5H9O2.C4H8/c1-4(2)3-5(6)7;1-4(2)3/h3-4H,1-2H3,(H,6,7);1,4H,2-3H3. The van der Waals surface area contributed by atoms with Crippen LogP contribution in [0.1, 0.15) is 27.7 Å². The van der Waals surface area contributed by atoms with Gasteiger partial charge in [0.2, 0.25) is 0 Å². The Morgan fingerprint density at radius 2 is 1.64 bits per heavy atom. The van der Waals surface area contributed by atoms with Crippen LogP contribution in [0.2, 0.25) is 0 Å². The summed E-state index contributed by atoms with van der Waals surface area (Å²) < 4.78 is 0. The van der Waals surface area contributed by atoms with Gasteiger partial charge >= 0.3 is 5.97 Å². The maximum Gasteiger partial charge on any atom is 0.307 e. The zero-order chi connectivity index (χ0) is 9.44. The molecule has 0 aromatic carbocycles. The molecular weight excluding hydrogens is 140 g/mol. The number of carboxylic acids is 1. The molecule has 0 bridgehead atoms. The van der Waals surface area contributed by atoms with E-state index in [0.29, 0.717) is 5.92 Å². The molecule has 0 rings (SSSR count). The molecular formula is C9H17O2. The molecule has 0 aliphatic rings. The highest BCUT2D eigenvalue weighted by atomic mass is 16.4. The smallest absolute Gasteiger partial charge is 0.307 e. The summed E-state index contributed by atoms with van der Waals surface area (Å²) in [4.78, 5) is 9.75. The van der Waals surface area contributed by atoms with E-state index in [1.807, 2.05) is 27.7 Å². The second-order valence-corrected chi connectivity index (χ2v) is 2.99. The fraction of sp³-hybridized carbons (Fsp3) is 0.667. The van der Waals surface area contributed by atoms with E-state index in [1.54, 1.807) is 0 Å².